The number of nitrogens with zero attached hydrogens (tertiary/aromatic N) is 1. The average Bonchev–Trinajstić information content (AvgIpc) is 3.19. The second-order valence-electron chi connectivity index (χ2n) is 8.83. The Labute approximate surface area is 245 Å². The van der Waals surface area contributed by atoms with Crippen molar-refractivity contribution in [2.75, 3.05) is 26.9 Å². The van der Waals surface area contributed by atoms with Gasteiger partial charge in [0.1, 0.15) is 18.1 Å². The van der Waals surface area contributed by atoms with E-state index in [1.807, 2.05) is 32.0 Å². The summed E-state index contributed by atoms with van der Waals surface area (Å²) in [7, 11) is 1.54. The first-order valence-corrected chi connectivity index (χ1v) is 14.1. The SMILES string of the molecule is CCOc1cc(/C=C2\SC(=O)N(CCOc3cc(C)ccc3C)C2=O)cc(Br)c1OC(=O)c1ccc(OC)cc1. The van der Waals surface area contributed by atoms with E-state index in [9.17, 15) is 14.4 Å². The standard InChI is InChI=1S/C30H28BrNO7S/c1-5-37-25-16-20(15-23(31)27(25)39-29(34)21-8-10-22(36-4)11-9-21)17-26-28(33)32(30(35)40-26)12-13-38-24-14-18(2)6-7-19(24)3/h6-11,14-17H,5,12-13H2,1-4H3/b26-17-. The van der Waals surface area contributed by atoms with Crippen LogP contribution in [0.15, 0.2) is 64.0 Å². The molecule has 0 aliphatic carbocycles. The van der Waals surface area contributed by atoms with Gasteiger partial charge in [0, 0.05) is 0 Å². The summed E-state index contributed by atoms with van der Waals surface area (Å²) in [6.07, 6.45) is 1.61. The molecule has 1 heterocycles. The van der Waals surface area contributed by atoms with Gasteiger partial charge in [-0.1, -0.05) is 12.1 Å². The highest BCUT2D eigenvalue weighted by atomic mass is 79.9. The molecule has 0 unspecified atom stereocenters. The zero-order valence-electron chi connectivity index (χ0n) is 22.5. The fraction of sp³-hybridized carbons (Fsp3) is 0.233. The molecule has 0 spiro atoms. The van der Waals surface area contributed by atoms with Crippen molar-refractivity contribution >= 4 is 50.9 Å². The molecule has 2 amide bonds. The summed E-state index contributed by atoms with van der Waals surface area (Å²) in [4.78, 5) is 39.8. The van der Waals surface area contributed by atoms with E-state index in [-0.39, 0.29) is 29.0 Å². The van der Waals surface area contributed by atoms with Gasteiger partial charge in [0.2, 0.25) is 0 Å². The van der Waals surface area contributed by atoms with E-state index in [4.69, 9.17) is 18.9 Å². The van der Waals surface area contributed by atoms with E-state index in [1.165, 1.54) is 4.90 Å². The lowest BCUT2D eigenvalue weighted by Crippen LogP contribution is -2.32. The van der Waals surface area contributed by atoms with Crippen LogP contribution >= 0.6 is 27.7 Å². The Balaban J connectivity index is 1.48. The molecular weight excluding hydrogens is 598 g/mol. The van der Waals surface area contributed by atoms with Crippen LogP contribution in [0.1, 0.15) is 34.0 Å². The first-order valence-electron chi connectivity index (χ1n) is 12.5. The van der Waals surface area contributed by atoms with Crippen LogP contribution in [0.5, 0.6) is 23.0 Å². The number of aryl methyl sites for hydroxylation is 2. The molecule has 0 N–H and O–H groups in total. The van der Waals surface area contributed by atoms with Crippen molar-refractivity contribution in [2.45, 2.75) is 20.8 Å². The summed E-state index contributed by atoms with van der Waals surface area (Å²) in [6.45, 7) is 6.35. The number of rotatable bonds is 10. The van der Waals surface area contributed by atoms with E-state index in [0.717, 1.165) is 28.6 Å². The first-order chi connectivity index (χ1) is 19.2. The molecule has 40 heavy (non-hydrogen) atoms. The van der Waals surface area contributed by atoms with E-state index in [1.54, 1.807) is 56.5 Å². The maximum absolute atomic E-state index is 13.0. The predicted octanol–water partition coefficient (Wildman–Crippen LogP) is 6.81. The quantitative estimate of drug-likeness (QED) is 0.138. The van der Waals surface area contributed by atoms with Crippen molar-refractivity contribution < 1.29 is 33.3 Å². The highest BCUT2D eigenvalue weighted by Crippen LogP contribution is 2.40. The van der Waals surface area contributed by atoms with E-state index in [2.05, 4.69) is 15.9 Å². The lowest BCUT2D eigenvalue weighted by molar-refractivity contribution is -0.123. The van der Waals surface area contributed by atoms with Crippen LogP contribution in [0.4, 0.5) is 4.79 Å². The molecule has 208 valence electrons. The van der Waals surface area contributed by atoms with Crippen LogP contribution in [-0.2, 0) is 4.79 Å². The monoisotopic (exact) mass is 625 g/mol. The van der Waals surface area contributed by atoms with Crippen LogP contribution in [0.2, 0.25) is 0 Å². The Hall–Kier alpha value is -3.76. The van der Waals surface area contributed by atoms with Gasteiger partial charge in [0.15, 0.2) is 11.5 Å². The van der Waals surface area contributed by atoms with Crippen molar-refractivity contribution in [3.63, 3.8) is 0 Å². The van der Waals surface area contributed by atoms with Gasteiger partial charge in [-0.3, -0.25) is 14.5 Å². The van der Waals surface area contributed by atoms with Crippen molar-refractivity contribution in [2.24, 2.45) is 0 Å². The number of methoxy groups -OCH3 is 1. The Morgan fingerprint density at radius 3 is 2.45 bits per heavy atom. The molecule has 0 aromatic heterocycles. The number of esters is 1. The summed E-state index contributed by atoms with van der Waals surface area (Å²) in [6, 6.07) is 15.8. The molecule has 1 aliphatic heterocycles. The van der Waals surface area contributed by atoms with Gasteiger partial charge >= 0.3 is 5.97 Å². The van der Waals surface area contributed by atoms with Crippen LogP contribution in [0.25, 0.3) is 6.08 Å². The number of hydrogen-bond donors (Lipinski definition) is 0. The second-order valence-corrected chi connectivity index (χ2v) is 10.7. The molecule has 0 radical (unpaired) electrons. The number of ether oxygens (including phenoxy) is 4. The number of carbonyl (C=O) groups excluding carboxylic acids is 3. The Kier molecular flexibility index (Phi) is 9.54. The molecule has 0 bridgehead atoms. The van der Waals surface area contributed by atoms with Crippen LogP contribution < -0.4 is 18.9 Å². The van der Waals surface area contributed by atoms with E-state index < -0.39 is 11.9 Å². The van der Waals surface area contributed by atoms with Crippen molar-refractivity contribution in [1.29, 1.82) is 0 Å². The number of imide groups is 1. The van der Waals surface area contributed by atoms with Gasteiger partial charge in [-0.2, -0.15) is 0 Å². The topological polar surface area (TPSA) is 91.4 Å². The van der Waals surface area contributed by atoms with Gasteiger partial charge in [-0.25, -0.2) is 4.79 Å². The number of benzene rings is 3. The molecule has 1 aliphatic rings. The zero-order valence-corrected chi connectivity index (χ0v) is 24.9. The summed E-state index contributed by atoms with van der Waals surface area (Å²) < 4.78 is 22.8. The molecular formula is C30H28BrNO7S. The molecule has 0 atom stereocenters. The van der Waals surface area contributed by atoms with Gasteiger partial charge in [0.25, 0.3) is 11.1 Å². The number of halogens is 1. The highest BCUT2D eigenvalue weighted by molar-refractivity contribution is 9.10. The van der Waals surface area contributed by atoms with Crippen LogP contribution in [0.3, 0.4) is 0 Å². The number of carbonyl (C=O) groups is 3. The second kappa shape index (κ2) is 13.1. The Bertz CT molecular complexity index is 1470. The van der Waals surface area contributed by atoms with Crippen molar-refractivity contribution in [3.8, 4) is 23.0 Å². The average molecular weight is 627 g/mol. The zero-order chi connectivity index (χ0) is 28.8. The Morgan fingerprint density at radius 1 is 1.00 bits per heavy atom. The summed E-state index contributed by atoms with van der Waals surface area (Å²) in [5.41, 5.74) is 2.98. The minimum absolute atomic E-state index is 0.129. The van der Waals surface area contributed by atoms with Gasteiger partial charge < -0.3 is 18.9 Å². The molecule has 1 saturated heterocycles. The highest BCUT2D eigenvalue weighted by Gasteiger charge is 2.35. The molecule has 10 heteroatoms. The lowest BCUT2D eigenvalue weighted by atomic mass is 10.1. The maximum Gasteiger partial charge on any atom is 0.343 e. The summed E-state index contributed by atoms with van der Waals surface area (Å²) in [5, 5.41) is -0.366. The third-order valence-electron chi connectivity index (χ3n) is 5.94. The summed E-state index contributed by atoms with van der Waals surface area (Å²) >= 11 is 4.32. The smallest absolute Gasteiger partial charge is 0.343 e. The van der Waals surface area contributed by atoms with E-state index >= 15 is 0 Å². The fourth-order valence-corrected chi connectivity index (χ4v) is 5.27. The van der Waals surface area contributed by atoms with E-state index in [0.29, 0.717) is 33.7 Å². The number of thioether (sulfide) groups is 1. The molecule has 1 fully saturated rings. The van der Waals surface area contributed by atoms with Gasteiger partial charge in [-0.05, 0) is 114 Å². The normalized spacial score (nSPS) is 14.0. The third-order valence-corrected chi connectivity index (χ3v) is 7.44. The van der Waals surface area contributed by atoms with Gasteiger partial charge in [-0.15, -0.1) is 0 Å². The molecule has 3 aromatic carbocycles. The molecule has 8 nitrogen and oxygen atoms in total. The maximum atomic E-state index is 13.0. The van der Waals surface area contributed by atoms with Gasteiger partial charge in [0.05, 0.1) is 35.2 Å². The third kappa shape index (κ3) is 6.86. The minimum atomic E-state index is -0.568. The largest absolute Gasteiger partial charge is 0.497 e. The Morgan fingerprint density at radius 2 is 1.75 bits per heavy atom. The lowest BCUT2D eigenvalue weighted by Gasteiger charge is -2.15. The van der Waals surface area contributed by atoms with Crippen molar-refractivity contribution in [1.82, 2.24) is 4.90 Å². The number of hydrogen-bond acceptors (Lipinski definition) is 8. The van der Waals surface area contributed by atoms with Crippen LogP contribution in [0, 0.1) is 13.8 Å². The molecule has 0 saturated carbocycles. The number of amides is 2. The van der Waals surface area contributed by atoms with Crippen LogP contribution in [-0.4, -0.2) is 48.9 Å². The molecule has 3 aromatic rings. The first kappa shape index (κ1) is 29.2. The summed E-state index contributed by atoms with van der Waals surface area (Å²) in [5.74, 6) is 0.895. The van der Waals surface area contributed by atoms with Crippen molar-refractivity contribution in [3.05, 3.63) is 86.2 Å². The molecule has 4 rings (SSSR count). The minimum Gasteiger partial charge on any atom is -0.497 e. The predicted molar refractivity (Wildman–Crippen MR) is 157 cm³/mol. The fourth-order valence-electron chi connectivity index (χ4n) is 3.87.